The molecule has 0 fully saturated rings. The molecule has 7 nitrogen and oxygen atoms in total. The average molecular weight is 257 g/mol. The van der Waals surface area contributed by atoms with Crippen LogP contribution < -0.4 is 11.2 Å². The second-order valence-corrected chi connectivity index (χ2v) is 4.04. The van der Waals surface area contributed by atoms with Gasteiger partial charge in [-0.1, -0.05) is 0 Å². The fourth-order valence-electron chi connectivity index (χ4n) is 1.59. The van der Waals surface area contributed by atoms with E-state index in [1.165, 1.54) is 18.7 Å². The Balaban J connectivity index is 2.82. The van der Waals surface area contributed by atoms with E-state index in [0.717, 1.165) is 4.57 Å². The van der Waals surface area contributed by atoms with Crippen molar-refractivity contribution in [3.63, 3.8) is 0 Å². The number of carbonyl (C=O) groups excluding carboxylic acids is 1. The molecule has 0 amide bonds. The molecule has 0 saturated carbocycles. The lowest BCUT2D eigenvalue weighted by atomic mass is 10.4. The Labute approximate surface area is 99.6 Å². The first-order valence-corrected chi connectivity index (χ1v) is 5.12. The topological polar surface area (TPSA) is 89.8 Å². The molecule has 0 atom stereocenters. The smallest absolute Gasteiger partial charge is 0.332 e. The highest BCUT2D eigenvalue weighted by molar-refractivity contribution is 6.63. The first-order valence-electron chi connectivity index (χ1n) is 4.74. The first kappa shape index (κ1) is 11.6. The van der Waals surface area contributed by atoms with E-state index in [-0.39, 0.29) is 23.4 Å². The molecule has 0 aliphatic rings. The van der Waals surface area contributed by atoms with Crippen molar-refractivity contribution < 1.29 is 4.79 Å². The van der Waals surface area contributed by atoms with E-state index in [4.69, 9.17) is 11.6 Å². The van der Waals surface area contributed by atoms with Crippen LogP contribution in [0.15, 0.2) is 9.59 Å². The average Bonchev–Trinajstić information content (AvgIpc) is 2.66. The van der Waals surface area contributed by atoms with Crippen LogP contribution in [0, 0.1) is 0 Å². The summed E-state index contributed by atoms with van der Waals surface area (Å²) < 4.78 is 2.20. The molecule has 2 aromatic rings. The number of aromatic amines is 1. The minimum absolute atomic E-state index is 0.117. The molecule has 0 aromatic carbocycles. The van der Waals surface area contributed by atoms with Crippen LogP contribution in [0.1, 0.15) is 5.82 Å². The van der Waals surface area contributed by atoms with Crippen molar-refractivity contribution in [3.05, 3.63) is 26.7 Å². The summed E-state index contributed by atoms with van der Waals surface area (Å²) in [5.74, 6) is 0.262. The maximum atomic E-state index is 11.8. The lowest BCUT2D eigenvalue weighted by molar-refractivity contribution is -0.111. The molecule has 2 aromatic heterocycles. The Morgan fingerprint density at radius 1 is 1.35 bits per heavy atom. The summed E-state index contributed by atoms with van der Waals surface area (Å²) in [6, 6.07) is 0. The summed E-state index contributed by atoms with van der Waals surface area (Å²) in [6.45, 7) is 0. The van der Waals surface area contributed by atoms with Gasteiger partial charge in [-0.25, -0.2) is 9.78 Å². The number of fused-ring (bicyclic) bond motifs is 1. The predicted molar refractivity (Wildman–Crippen MR) is 61.1 cm³/mol. The highest BCUT2D eigenvalue weighted by Crippen LogP contribution is 2.05. The number of H-pyrrole nitrogens is 1. The summed E-state index contributed by atoms with van der Waals surface area (Å²) in [6.07, 6.45) is -0.117. The molecule has 17 heavy (non-hydrogen) atoms. The number of hydrogen-bond donors (Lipinski definition) is 1. The number of halogens is 1. The van der Waals surface area contributed by atoms with Crippen LogP contribution in [0.4, 0.5) is 0 Å². The molecule has 0 spiro atoms. The molecule has 2 rings (SSSR count). The van der Waals surface area contributed by atoms with Crippen LogP contribution in [-0.4, -0.2) is 24.3 Å². The maximum Gasteiger partial charge on any atom is 0.332 e. The lowest BCUT2D eigenvalue weighted by Crippen LogP contribution is -2.36. The summed E-state index contributed by atoms with van der Waals surface area (Å²) in [5.41, 5.74) is -0.560. The Hall–Kier alpha value is -1.89. The summed E-state index contributed by atoms with van der Waals surface area (Å²) in [5, 5.41) is -0.592. The normalized spacial score (nSPS) is 11.0. The van der Waals surface area contributed by atoms with Crippen molar-refractivity contribution in [2.24, 2.45) is 14.1 Å². The van der Waals surface area contributed by atoms with Gasteiger partial charge in [0.25, 0.3) is 5.56 Å². The van der Waals surface area contributed by atoms with Gasteiger partial charge in [-0.3, -0.25) is 18.7 Å². The van der Waals surface area contributed by atoms with E-state index < -0.39 is 16.5 Å². The third kappa shape index (κ3) is 1.78. The molecule has 0 bridgehead atoms. The largest absolute Gasteiger partial charge is 0.336 e. The van der Waals surface area contributed by atoms with Gasteiger partial charge >= 0.3 is 5.69 Å². The lowest BCUT2D eigenvalue weighted by Gasteiger charge is -2.00. The van der Waals surface area contributed by atoms with Gasteiger partial charge in [0, 0.05) is 14.1 Å². The van der Waals surface area contributed by atoms with Crippen molar-refractivity contribution in [2.75, 3.05) is 0 Å². The number of rotatable bonds is 2. The van der Waals surface area contributed by atoms with Crippen LogP contribution in [-0.2, 0) is 25.3 Å². The Kier molecular flexibility index (Phi) is 2.62. The van der Waals surface area contributed by atoms with Gasteiger partial charge in [0.05, 0.1) is 6.42 Å². The van der Waals surface area contributed by atoms with Gasteiger partial charge in [0.1, 0.15) is 11.3 Å². The van der Waals surface area contributed by atoms with E-state index in [9.17, 15) is 14.4 Å². The zero-order valence-electron chi connectivity index (χ0n) is 9.15. The molecule has 0 saturated heterocycles. The third-order valence-electron chi connectivity index (χ3n) is 2.45. The number of imidazole rings is 1. The molecule has 0 radical (unpaired) electrons. The van der Waals surface area contributed by atoms with Gasteiger partial charge in [-0.2, -0.15) is 0 Å². The molecular weight excluding hydrogens is 248 g/mol. The van der Waals surface area contributed by atoms with Crippen LogP contribution in [0.5, 0.6) is 0 Å². The monoisotopic (exact) mass is 256 g/mol. The molecule has 0 aliphatic carbocycles. The van der Waals surface area contributed by atoms with E-state index in [2.05, 4.69) is 9.97 Å². The van der Waals surface area contributed by atoms with Gasteiger partial charge in [0.2, 0.25) is 5.24 Å². The summed E-state index contributed by atoms with van der Waals surface area (Å²) in [4.78, 5) is 40.8. The van der Waals surface area contributed by atoms with E-state index in [1.54, 1.807) is 0 Å². The van der Waals surface area contributed by atoms with E-state index in [1.807, 2.05) is 0 Å². The predicted octanol–water partition coefficient (Wildman–Crippen LogP) is -0.732. The number of aryl methyl sites for hydroxylation is 1. The van der Waals surface area contributed by atoms with Crippen molar-refractivity contribution in [2.45, 2.75) is 6.42 Å². The second-order valence-electron chi connectivity index (χ2n) is 3.62. The van der Waals surface area contributed by atoms with Gasteiger partial charge in [-0.15, -0.1) is 0 Å². The van der Waals surface area contributed by atoms with Crippen LogP contribution in [0.3, 0.4) is 0 Å². The van der Waals surface area contributed by atoms with Crippen molar-refractivity contribution in [1.29, 1.82) is 0 Å². The molecule has 1 N–H and O–H groups in total. The Morgan fingerprint density at radius 2 is 2.00 bits per heavy atom. The van der Waals surface area contributed by atoms with Crippen LogP contribution in [0.25, 0.3) is 11.2 Å². The quantitative estimate of drug-likeness (QED) is 0.717. The first-order chi connectivity index (χ1) is 7.91. The van der Waals surface area contributed by atoms with Crippen LogP contribution in [0.2, 0.25) is 0 Å². The molecule has 0 unspecified atom stereocenters. The zero-order chi connectivity index (χ0) is 12.7. The number of nitrogens with one attached hydrogen (secondary N) is 1. The standard InChI is InChI=1S/C9H9ClN4O3/c1-13-7-6(8(16)14(2)9(13)17)11-5(12-7)3-4(10)15/h3H2,1-2H3,(H,11,12). The third-order valence-corrected chi connectivity index (χ3v) is 2.58. The highest BCUT2D eigenvalue weighted by atomic mass is 35.5. The molecule has 8 heteroatoms. The fourth-order valence-corrected chi connectivity index (χ4v) is 1.72. The molecule has 0 aliphatic heterocycles. The van der Waals surface area contributed by atoms with Crippen molar-refractivity contribution in [1.82, 2.24) is 19.1 Å². The number of aromatic nitrogens is 4. The number of hydrogen-bond acceptors (Lipinski definition) is 4. The van der Waals surface area contributed by atoms with Gasteiger partial charge < -0.3 is 4.98 Å². The fraction of sp³-hybridized carbons (Fsp3) is 0.333. The van der Waals surface area contributed by atoms with Crippen molar-refractivity contribution in [3.8, 4) is 0 Å². The zero-order valence-corrected chi connectivity index (χ0v) is 9.91. The summed E-state index contributed by atoms with van der Waals surface area (Å²) >= 11 is 5.23. The molecule has 2 heterocycles. The second kappa shape index (κ2) is 3.85. The highest BCUT2D eigenvalue weighted by Gasteiger charge is 2.14. The molecular formula is C9H9ClN4O3. The number of nitrogens with zero attached hydrogens (tertiary/aromatic N) is 3. The minimum atomic E-state index is -0.592. The van der Waals surface area contributed by atoms with E-state index >= 15 is 0 Å². The van der Waals surface area contributed by atoms with Crippen LogP contribution >= 0.6 is 11.6 Å². The maximum absolute atomic E-state index is 11.8. The van der Waals surface area contributed by atoms with Crippen molar-refractivity contribution >= 4 is 28.0 Å². The van der Waals surface area contributed by atoms with E-state index in [0.29, 0.717) is 0 Å². The van der Waals surface area contributed by atoms with Gasteiger partial charge in [-0.05, 0) is 11.6 Å². The van der Waals surface area contributed by atoms with Gasteiger partial charge in [0.15, 0.2) is 5.65 Å². The Bertz CT molecular complexity index is 724. The SMILES string of the molecule is Cn1c(=O)c2[nH]c(CC(=O)Cl)nc2n(C)c1=O. The minimum Gasteiger partial charge on any atom is -0.336 e. The number of carbonyl (C=O) groups is 1. The summed E-state index contributed by atoms with van der Waals surface area (Å²) in [7, 11) is 2.87. The molecule has 90 valence electrons. The Morgan fingerprint density at radius 3 is 2.59 bits per heavy atom.